The molecule has 0 unspecified atom stereocenters. The summed E-state index contributed by atoms with van der Waals surface area (Å²) in [4.78, 5) is 4.03. The molecule has 1 aromatic carbocycles. The molecule has 1 heterocycles. The summed E-state index contributed by atoms with van der Waals surface area (Å²) in [6, 6.07) is 2.57. The Morgan fingerprint density at radius 2 is 2.16 bits per heavy atom. The maximum absolute atomic E-state index is 13.6. The molecule has 1 N–H and O–H groups in total. The lowest BCUT2D eigenvalue weighted by molar-refractivity contribution is 0.372. The number of rotatable bonds is 5. The predicted molar refractivity (Wildman–Crippen MR) is 68.5 cm³/mol. The summed E-state index contributed by atoms with van der Waals surface area (Å²) in [5.74, 6) is -0.0813. The molecular formula is C12H12BrF2N3O. The molecule has 0 fully saturated rings. The van der Waals surface area contributed by atoms with Crippen molar-refractivity contribution in [3.8, 4) is 0 Å². The van der Waals surface area contributed by atoms with Gasteiger partial charge in [0.2, 0.25) is 5.89 Å². The van der Waals surface area contributed by atoms with Crippen molar-refractivity contribution in [2.45, 2.75) is 19.9 Å². The first-order valence-corrected chi connectivity index (χ1v) is 6.49. The number of aromatic nitrogens is 2. The standard InChI is InChI=1S/C12H12BrF2N3O/c1-7-17-11(19-18-7)4-5-16-6-8-10(14)3-2-9(13)12(8)15/h2-3,16H,4-6H2,1H3. The highest BCUT2D eigenvalue weighted by molar-refractivity contribution is 9.10. The lowest BCUT2D eigenvalue weighted by Gasteiger charge is -2.07. The number of benzene rings is 1. The molecule has 1 aromatic heterocycles. The number of hydrogen-bond donors (Lipinski definition) is 1. The Labute approximate surface area is 117 Å². The first kappa shape index (κ1) is 14.1. The van der Waals surface area contributed by atoms with Crippen LogP contribution in [-0.2, 0) is 13.0 Å². The van der Waals surface area contributed by atoms with E-state index in [0.29, 0.717) is 24.7 Å². The van der Waals surface area contributed by atoms with Gasteiger partial charge < -0.3 is 9.84 Å². The Kier molecular flexibility index (Phi) is 4.60. The van der Waals surface area contributed by atoms with E-state index < -0.39 is 11.6 Å². The van der Waals surface area contributed by atoms with Gasteiger partial charge in [0.1, 0.15) is 11.6 Å². The van der Waals surface area contributed by atoms with Crippen LogP contribution in [0.1, 0.15) is 17.3 Å². The minimum absolute atomic E-state index is 0.0103. The Balaban J connectivity index is 1.88. The SMILES string of the molecule is Cc1noc(CCNCc2c(F)ccc(Br)c2F)n1. The van der Waals surface area contributed by atoms with Crippen molar-refractivity contribution >= 4 is 15.9 Å². The summed E-state index contributed by atoms with van der Waals surface area (Å²) in [5.41, 5.74) is 0.0103. The van der Waals surface area contributed by atoms with E-state index in [1.54, 1.807) is 6.92 Å². The van der Waals surface area contributed by atoms with Crippen molar-refractivity contribution in [3.05, 3.63) is 45.5 Å². The van der Waals surface area contributed by atoms with Crippen molar-refractivity contribution in [1.29, 1.82) is 0 Å². The fourth-order valence-corrected chi connectivity index (χ4v) is 1.95. The molecule has 0 aliphatic carbocycles. The zero-order valence-electron chi connectivity index (χ0n) is 10.2. The normalized spacial score (nSPS) is 10.9. The van der Waals surface area contributed by atoms with Crippen LogP contribution in [0, 0.1) is 18.6 Å². The number of nitrogens with zero attached hydrogens (tertiary/aromatic N) is 2. The van der Waals surface area contributed by atoms with Gasteiger partial charge in [0.05, 0.1) is 4.47 Å². The van der Waals surface area contributed by atoms with E-state index in [0.717, 1.165) is 0 Å². The van der Waals surface area contributed by atoms with Crippen LogP contribution >= 0.6 is 15.9 Å². The average Bonchev–Trinajstić information content (AvgIpc) is 2.79. The topological polar surface area (TPSA) is 51.0 Å². The zero-order chi connectivity index (χ0) is 13.8. The second kappa shape index (κ2) is 6.21. The Bertz CT molecular complexity index is 574. The maximum Gasteiger partial charge on any atom is 0.227 e. The molecule has 0 amide bonds. The van der Waals surface area contributed by atoms with Gasteiger partial charge in [-0.25, -0.2) is 8.78 Å². The summed E-state index contributed by atoms with van der Waals surface area (Å²) in [6.07, 6.45) is 0.512. The minimum Gasteiger partial charge on any atom is -0.339 e. The van der Waals surface area contributed by atoms with Crippen LogP contribution in [0.4, 0.5) is 8.78 Å². The second-order valence-corrected chi connectivity index (χ2v) is 4.84. The quantitative estimate of drug-likeness (QED) is 0.676. The fourth-order valence-electron chi connectivity index (χ4n) is 1.58. The summed E-state index contributed by atoms with van der Waals surface area (Å²) in [5, 5.41) is 6.59. The highest BCUT2D eigenvalue weighted by atomic mass is 79.9. The Morgan fingerprint density at radius 1 is 1.37 bits per heavy atom. The fraction of sp³-hybridized carbons (Fsp3) is 0.333. The highest BCUT2D eigenvalue weighted by Gasteiger charge is 2.11. The Hall–Kier alpha value is -1.34. The molecule has 0 bridgehead atoms. The van der Waals surface area contributed by atoms with Gasteiger partial charge in [-0.05, 0) is 35.0 Å². The molecule has 102 valence electrons. The van der Waals surface area contributed by atoms with E-state index >= 15 is 0 Å². The van der Waals surface area contributed by atoms with Crippen molar-refractivity contribution in [2.24, 2.45) is 0 Å². The Morgan fingerprint density at radius 3 is 2.84 bits per heavy atom. The molecule has 0 radical (unpaired) electrons. The highest BCUT2D eigenvalue weighted by Crippen LogP contribution is 2.21. The molecule has 7 heteroatoms. The third-order valence-electron chi connectivity index (χ3n) is 2.53. The summed E-state index contributed by atoms with van der Waals surface area (Å²) >= 11 is 3.03. The molecular weight excluding hydrogens is 320 g/mol. The molecule has 0 aliphatic rings. The largest absolute Gasteiger partial charge is 0.339 e. The van der Waals surface area contributed by atoms with E-state index in [4.69, 9.17) is 4.52 Å². The third kappa shape index (κ3) is 3.57. The van der Waals surface area contributed by atoms with E-state index in [2.05, 4.69) is 31.4 Å². The lowest BCUT2D eigenvalue weighted by atomic mass is 10.2. The van der Waals surface area contributed by atoms with Crippen LogP contribution in [-0.4, -0.2) is 16.7 Å². The van der Waals surface area contributed by atoms with Crippen LogP contribution in [0.3, 0.4) is 0 Å². The zero-order valence-corrected chi connectivity index (χ0v) is 11.8. The molecule has 0 saturated heterocycles. The second-order valence-electron chi connectivity index (χ2n) is 3.98. The van der Waals surface area contributed by atoms with Gasteiger partial charge in [-0.1, -0.05) is 5.16 Å². The van der Waals surface area contributed by atoms with Gasteiger partial charge in [0, 0.05) is 25.1 Å². The monoisotopic (exact) mass is 331 g/mol. The first-order valence-electron chi connectivity index (χ1n) is 5.70. The molecule has 0 aliphatic heterocycles. The molecule has 2 aromatic rings. The number of hydrogen-bond acceptors (Lipinski definition) is 4. The summed E-state index contributed by atoms with van der Waals surface area (Å²) < 4.78 is 32.3. The minimum atomic E-state index is -0.582. The van der Waals surface area contributed by atoms with Crippen molar-refractivity contribution in [1.82, 2.24) is 15.5 Å². The van der Waals surface area contributed by atoms with Gasteiger partial charge in [-0.15, -0.1) is 0 Å². The first-order chi connectivity index (χ1) is 9.08. The number of halogens is 3. The molecule has 2 rings (SSSR count). The summed E-state index contributed by atoms with van der Waals surface area (Å²) in [6.45, 7) is 2.32. The van der Waals surface area contributed by atoms with Crippen LogP contribution < -0.4 is 5.32 Å². The van der Waals surface area contributed by atoms with Crippen LogP contribution in [0.5, 0.6) is 0 Å². The van der Waals surface area contributed by atoms with Gasteiger partial charge in [-0.3, -0.25) is 0 Å². The molecule has 0 atom stereocenters. The third-order valence-corrected chi connectivity index (χ3v) is 3.14. The van der Waals surface area contributed by atoms with Crippen molar-refractivity contribution in [3.63, 3.8) is 0 Å². The molecule has 0 spiro atoms. The lowest BCUT2D eigenvalue weighted by Crippen LogP contribution is -2.18. The van der Waals surface area contributed by atoms with Crippen LogP contribution in [0.25, 0.3) is 0 Å². The smallest absolute Gasteiger partial charge is 0.227 e. The van der Waals surface area contributed by atoms with Crippen LogP contribution in [0.15, 0.2) is 21.1 Å². The number of nitrogens with one attached hydrogen (secondary N) is 1. The van der Waals surface area contributed by atoms with E-state index in [1.807, 2.05) is 0 Å². The molecule has 4 nitrogen and oxygen atoms in total. The van der Waals surface area contributed by atoms with Crippen molar-refractivity contribution in [2.75, 3.05) is 6.54 Å². The van der Waals surface area contributed by atoms with Crippen molar-refractivity contribution < 1.29 is 13.3 Å². The summed E-state index contributed by atoms with van der Waals surface area (Å²) in [7, 11) is 0. The van der Waals surface area contributed by atoms with Gasteiger partial charge in [0.25, 0.3) is 0 Å². The predicted octanol–water partition coefficient (Wildman–Crippen LogP) is 2.75. The van der Waals surface area contributed by atoms with E-state index in [9.17, 15) is 8.78 Å². The maximum atomic E-state index is 13.6. The molecule has 0 saturated carbocycles. The number of aryl methyl sites for hydroxylation is 1. The van der Waals surface area contributed by atoms with Gasteiger partial charge in [0.15, 0.2) is 5.82 Å². The van der Waals surface area contributed by atoms with Gasteiger partial charge >= 0.3 is 0 Å². The van der Waals surface area contributed by atoms with E-state index in [1.165, 1.54) is 12.1 Å². The molecule has 19 heavy (non-hydrogen) atoms. The van der Waals surface area contributed by atoms with Gasteiger partial charge in [-0.2, -0.15) is 4.98 Å². The van der Waals surface area contributed by atoms with E-state index in [-0.39, 0.29) is 16.6 Å². The average molecular weight is 332 g/mol. The van der Waals surface area contributed by atoms with Crippen LogP contribution in [0.2, 0.25) is 0 Å².